The highest BCUT2D eigenvalue weighted by atomic mass is 35.5. The van der Waals surface area contributed by atoms with Crippen LogP contribution in [-0.2, 0) is 7.05 Å². The molecule has 2 aromatic heterocycles. The second-order valence-electron chi connectivity index (χ2n) is 6.31. The standard InChI is InChI=1S/C19H22ClN5O/c1-23(2)17(14-8-4-5-9-16(14)20)13-21-18(26)15-12-22-24(3)19(15)25-10-6-7-11-25/h4-12,17H,13H2,1-3H3,(H,21,26)/t17-/m1/s1. The Balaban J connectivity index is 1.79. The SMILES string of the molecule is CN(C)[C@H](CNC(=O)c1cnn(C)c1-n1cccc1)c1ccccc1Cl. The molecule has 0 bridgehead atoms. The Labute approximate surface area is 158 Å². The number of hydrogen-bond acceptors (Lipinski definition) is 3. The quantitative estimate of drug-likeness (QED) is 0.724. The predicted molar refractivity (Wildman–Crippen MR) is 103 cm³/mol. The van der Waals surface area contributed by atoms with Crippen LogP contribution in [0.1, 0.15) is 22.0 Å². The highest BCUT2D eigenvalue weighted by Gasteiger charge is 2.21. The summed E-state index contributed by atoms with van der Waals surface area (Å²) >= 11 is 6.34. The van der Waals surface area contributed by atoms with Crippen LogP contribution in [0.5, 0.6) is 0 Å². The lowest BCUT2D eigenvalue weighted by atomic mass is 10.1. The minimum absolute atomic E-state index is 0.0284. The molecule has 0 aliphatic carbocycles. The molecule has 0 unspecified atom stereocenters. The summed E-state index contributed by atoms with van der Waals surface area (Å²) in [5.74, 6) is 0.562. The molecule has 1 N–H and O–H groups in total. The summed E-state index contributed by atoms with van der Waals surface area (Å²) in [7, 11) is 5.75. The normalized spacial score (nSPS) is 12.3. The number of nitrogens with zero attached hydrogens (tertiary/aromatic N) is 4. The van der Waals surface area contributed by atoms with Crippen molar-refractivity contribution in [3.05, 3.63) is 71.1 Å². The van der Waals surface area contributed by atoms with Crippen LogP contribution in [0, 0.1) is 0 Å². The monoisotopic (exact) mass is 371 g/mol. The van der Waals surface area contributed by atoms with Gasteiger partial charge in [0.25, 0.3) is 5.91 Å². The summed E-state index contributed by atoms with van der Waals surface area (Å²) in [5.41, 5.74) is 1.51. The molecule has 0 spiro atoms. The number of amides is 1. The van der Waals surface area contributed by atoms with Gasteiger partial charge in [0.2, 0.25) is 0 Å². The van der Waals surface area contributed by atoms with E-state index in [1.165, 1.54) is 0 Å². The third-order valence-electron chi connectivity index (χ3n) is 4.34. The van der Waals surface area contributed by atoms with E-state index in [-0.39, 0.29) is 11.9 Å². The summed E-state index contributed by atoms with van der Waals surface area (Å²) in [5, 5.41) is 7.94. The van der Waals surface area contributed by atoms with Crippen molar-refractivity contribution in [2.24, 2.45) is 7.05 Å². The van der Waals surface area contributed by atoms with Crippen molar-refractivity contribution in [3.63, 3.8) is 0 Å². The maximum Gasteiger partial charge on any atom is 0.256 e. The molecule has 0 aliphatic rings. The number of carbonyl (C=O) groups excluding carboxylic acids is 1. The number of rotatable bonds is 6. The lowest BCUT2D eigenvalue weighted by molar-refractivity contribution is 0.0942. The zero-order chi connectivity index (χ0) is 18.7. The topological polar surface area (TPSA) is 55.1 Å². The first-order valence-corrected chi connectivity index (χ1v) is 8.71. The molecular weight excluding hydrogens is 350 g/mol. The predicted octanol–water partition coefficient (Wildman–Crippen LogP) is 2.90. The zero-order valence-corrected chi connectivity index (χ0v) is 15.8. The number of aromatic nitrogens is 3. The van der Waals surface area contributed by atoms with Crippen LogP contribution in [-0.4, -0.2) is 45.8 Å². The van der Waals surface area contributed by atoms with Gasteiger partial charge in [-0.15, -0.1) is 0 Å². The van der Waals surface area contributed by atoms with Gasteiger partial charge < -0.3 is 14.8 Å². The third-order valence-corrected chi connectivity index (χ3v) is 4.69. The van der Waals surface area contributed by atoms with E-state index in [1.54, 1.807) is 10.9 Å². The van der Waals surface area contributed by atoms with Gasteiger partial charge in [0.1, 0.15) is 11.4 Å². The van der Waals surface area contributed by atoms with E-state index in [1.807, 2.05) is 79.4 Å². The summed E-state index contributed by atoms with van der Waals surface area (Å²) in [4.78, 5) is 14.8. The summed E-state index contributed by atoms with van der Waals surface area (Å²) in [6.45, 7) is 0.440. The average Bonchev–Trinajstić information content (AvgIpc) is 3.25. The van der Waals surface area contributed by atoms with Gasteiger partial charge in [-0.05, 0) is 37.9 Å². The van der Waals surface area contributed by atoms with Gasteiger partial charge in [0.15, 0.2) is 0 Å². The molecule has 1 amide bonds. The zero-order valence-electron chi connectivity index (χ0n) is 15.1. The fraction of sp³-hybridized carbons (Fsp3) is 0.263. The minimum Gasteiger partial charge on any atom is -0.350 e. The van der Waals surface area contributed by atoms with Crippen LogP contribution in [0.3, 0.4) is 0 Å². The molecular formula is C19H22ClN5O. The molecule has 3 rings (SSSR count). The molecule has 2 heterocycles. The number of halogens is 1. The highest BCUT2D eigenvalue weighted by molar-refractivity contribution is 6.31. The van der Waals surface area contributed by atoms with Crippen molar-refractivity contribution in [3.8, 4) is 5.82 Å². The van der Waals surface area contributed by atoms with Gasteiger partial charge in [0.05, 0.1) is 12.2 Å². The first kappa shape index (κ1) is 18.2. The second-order valence-corrected chi connectivity index (χ2v) is 6.71. The third kappa shape index (κ3) is 3.66. The van der Waals surface area contributed by atoms with Crippen molar-refractivity contribution in [2.75, 3.05) is 20.6 Å². The van der Waals surface area contributed by atoms with Crippen molar-refractivity contribution >= 4 is 17.5 Å². The Morgan fingerprint density at radius 3 is 2.58 bits per heavy atom. The average molecular weight is 372 g/mol. The van der Waals surface area contributed by atoms with E-state index < -0.39 is 0 Å². The number of carbonyl (C=O) groups is 1. The molecule has 7 heteroatoms. The molecule has 0 fully saturated rings. The van der Waals surface area contributed by atoms with E-state index >= 15 is 0 Å². The summed E-state index contributed by atoms with van der Waals surface area (Å²) < 4.78 is 3.56. The van der Waals surface area contributed by atoms with Crippen LogP contribution in [0.25, 0.3) is 5.82 Å². The maximum atomic E-state index is 12.8. The van der Waals surface area contributed by atoms with Crippen LogP contribution in [0.4, 0.5) is 0 Å². The van der Waals surface area contributed by atoms with Gasteiger partial charge in [-0.25, -0.2) is 0 Å². The van der Waals surface area contributed by atoms with Crippen molar-refractivity contribution < 1.29 is 4.79 Å². The van der Waals surface area contributed by atoms with E-state index in [2.05, 4.69) is 10.4 Å². The molecule has 26 heavy (non-hydrogen) atoms. The van der Waals surface area contributed by atoms with E-state index in [4.69, 9.17) is 11.6 Å². The summed E-state index contributed by atoms with van der Waals surface area (Å²) in [6.07, 6.45) is 5.37. The molecule has 0 radical (unpaired) electrons. The van der Waals surface area contributed by atoms with Gasteiger partial charge in [0, 0.05) is 31.0 Å². The Kier molecular flexibility index (Phi) is 5.44. The second kappa shape index (κ2) is 7.76. The number of aryl methyl sites for hydroxylation is 1. The van der Waals surface area contributed by atoms with Gasteiger partial charge >= 0.3 is 0 Å². The molecule has 3 aromatic rings. The van der Waals surface area contributed by atoms with Crippen molar-refractivity contribution in [1.82, 2.24) is 24.6 Å². The Hall–Kier alpha value is -2.57. The van der Waals surface area contributed by atoms with Crippen LogP contribution in [0.2, 0.25) is 5.02 Å². The molecule has 0 aliphatic heterocycles. The molecule has 0 saturated heterocycles. The van der Waals surface area contributed by atoms with Gasteiger partial charge in [-0.2, -0.15) is 5.10 Å². The molecule has 6 nitrogen and oxygen atoms in total. The van der Waals surface area contributed by atoms with E-state index in [0.29, 0.717) is 17.1 Å². The lowest BCUT2D eigenvalue weighted by Crippen LogP contribution is -2.35. The van der Waals surface area contributed by atoms with Crippen LogP contribution in [0.15, 0.2) is 55.0 Å². The Bertz CT molecular complexity index is 885. The number of nitrogens with one attached hydrogen (secondary N) is 1. The number of likely N-dealkylation sites (N-methyl/N-ethyl adjacent to an activating group) is 1. The smallest absolute Gasteiger partial charge is 0.256 e. The lowest BCUT2D eigenvalue weighted by Gasteiger charge is -2.26. The fourth-order valence-electron chi connectivity index (χ4n) is 2.97. The molecule has 1 aromatic carbocycles. The van der Waals surface area contributed by atoms with E-state index in [0.717, 1.165) is 11.4 Å². The van der Waals surface area contributed by atoms with Gasteiger partial charge in [-0.3, -0.25) is 9.48 Å². The molecule has 136 valence electrons. The van der Waals surface area contributed by atoms with Gasteiger partial charge in [-0.1, -0.05) is 29.8 Å². The minimum atomic E-state index is -0.166. The van der Waals surface area contributed by atoms with Crippen LogP contribution < -0.4 is 5.32 Å². The first-order valence-electron chi connectivity index (χ1n) is 8.33. The van der Waals surface area contributed by atoms with E-state index in [9.17, 15) is 4.79 Å². The van der Waals surface area contributed by atoms with Crippen molar-refractivity contribution in [2.45, 2.75) is 6.04 Å². The first-order chi connectivity index (χ1) is 12.5. The highest BCUT2D eigenvalue weighted by Crippen LogP contribution is 2.25. The number of hydrogen-bond donors (Lipinski definition) is 1. The maximum absolute atomic E-state index is 12.8. The number of benzene rings is 1. The fourth-order valence-corrected chi connectivity index (χ4v) is 3.24. The summed E-state index contributed by atoms with van der Waals surface area (Å²) in [6, 6.07) is 11.5. The molecule has 1 atom stereocenters. The van der Waals surface area contributed by atoms with Crippen LogP contribution >= 0.6 is 11.6 Å². The Morgan fingerprint density at radius 2 is 1.92 bits per heavy atom. The van der Waals surface area contributed by atoms with Crippen molar-refractivity contribution in [1.29, 1.82) is 0 Å². The largest absolute Gasteiger partial charge is 0.350 e. The Morgan fingerprint density at radius 1 is 1.23 bits per heavy atom. The molecule has 0 saturated carbocycles.